The first kappa shape index (κ1) is 32.0. The van der Waals surface area contributed by atoms with Crippen molar-refractivity contribution in [1.82, 2.24) is 9.13 Å². The molecule has 56 heavy (non-hydrogen) atoms. The van der Waals surface area contributed by atoms with Crippen molar-refractivity contribution in [2.45, 2.75) is 0 Å². The number of hydrogen-bond donors (Lipinski definition) is 0. The molecule has 0 radical (unpaired) electrons. The van der Waals surface area contributed by atoms with Gasteiger partial charge < -0.3 is 9.13 Å². The van der Waals surface area contributed by atoms with E-state index in [1.54, 1.807) is 0 Å². The van der Waals surface area contributed by atoms with E-state index in [4.69, 9.17) is 0 Å². The molecule has 2 nitrogen and oxygen atoms in total. The number of para-hydroxylation sites is 2. The van der Waals surface area contributed by atoms with Gasteiger partial charge in [0.25, 0.3) is 0 Å². The van der Waals surface area contributed by atoms with E-state index in [1.165, 1.54) is 88.1 Å². The van der Waals surface area contributed by atoms with Gasteiger partial charge in [-0.2, -0.15) is 0 Å². The van der Waals surface area contributed by atoms with E-state index in [2.05, 4.69) is 228 Å². The summed E-state index contributed by atoms with van der Waals surface area (Å²) in [5, 5.41) is 4.98. The topological polar surface area (TPSA) is 9.86 Å². The summed E-state index contributed by atoms with van der Waals surface area (Å²) in [5.74, 6) is 0. The quantitative estimate of drug-likeness (QED) is 0.162. The third kappa shape index (κ3) is 5.26. The van der Waals surface area contributed by atoms with Gasteiger partial charge in [0.05, 0.1) is 22.1 Å². The van der Waals surface area contributed by atoms with Crippen molar-refractivity contribution in [3.8, 4) is 55.9 Å². The predicted octanol–water partition coefficient (Wildman–Crippen LogP) is 14.5. The van der Waals surface area contributed by atoms with E-state index in [0.29, 0.717) is 0 Å². The van der Waals surface area contributed by atoms with Crippen molar-refractivity contribution in [1.29, 1.82) is 0 Å². The van der Waals surface area contributed by atoms with Crippen LogP contribution in [-0.4, -0.2) is 9.13 Å². The van der Waals surface area contributed by atoms with Gasteiger partial charge in [0.15, 0.2) is 0 Å². The van der Waals surface area contributed by atoms with Gasteiger partial charge in [-0.05, 0) is 93.5 Å². The van der Waals surface area contributed by atoms with Crippen molar-refractivity contribution in [2.24, 2.45) is 0 Å². The lowest BCUT2D eigenvalue weighted by molar-refractivity contribution is 1.18. The van der Waals surface area contributed by atoms with Crippen LogP contribution in [0.1, 0.15) is 0 Å². The molecule has 0 N–H and O–H groups in total. The normalized spacial score (nSPS) is 11.6. The van der Waals surface area contributed by atoms with Crippen LogP contribution in [0.25, 0.3) is 99.5 Å². The van der Waals surface area contributed by atoms with E-state index in [-0.39, 0.29) is 0 Å². The fraction of sp³-hybridized carbons (Fsp3) is 0. The average molecular weight is 713 g/mol. The molecule has 0 fully saturated rings. The largest absolute Gasteiger partial charge is 0.309 e. The first-order chi connectivity index (χ1) is 27.8. The Morgan fingerprint density at radius 2 is 0.643 bits per heavy atom. The molecule has 0 spiro atoms. The Kier molecular flexibility index (Phi) is 7.53. The summed E-state index contributed by atoms with van der Waals surface area (Å²) < 4.78 is 4.85. The molecule has 0 unspecified atom stereocenters. The van der Waals surface area contributed by atoms with Gasteiger partial charge in [-0.15, -0.1) is 0 Å². The molecule has 11 rings (SSSR count). The molecule has 9 aromatic carbocycles. The molecule has 262 valence electrons. The Bertz CT molecular complexity index is 3190. The Morgan fingerprint density at radius 3 is 1.23 bits per heavy atom. The van der Waals surface area contributed by atoms with Gasteiger partial charge in [0, 0.05) is 38.5 Å². The van der Waals surface area contributed by atoms with Crippen molar-refractivity contribution in [2.75, 3.05) is 0 Å². The second-order valence-electron chi connectivity index (χ2n) is 14.5. The summed E-state index contributed by atoms with van der Waals surface area (Å²) in [6, 6.07) is 79.4. The molecule has 2 aromatic heterocycles. The highest BCUT2D eigenvalue weighted by Crippen LogP contribution is 2.41. The first-order valence-corrected chi connectivity index (χ1v) is 19.3. The Morgan fingerprint density at radius 1 is 0.232 bits per heavy atom. The van der Waals surface area contributed by atoms with Crippen LogP contribution in [0.15, 0.2) is 218 Å². The molecule has 2 heteroatoms. The maximum atomic E-state index is 2.45. The number of hydrogen-bond acceptors (Lipinski definition) is 0. The number of nitrogens with zero attached hydrogens (tertiary/aromatic N) is 2. The summed E-state index contributed by atoms with van der Waals surface area (Å²) >= 11 is 0. The highest BCUT2D eigenvalue weighted by molar-refractivity contribution is 6.15. The van der Waals surface area contributed by atoms with Crippen LogP contribution < -0.4 is 0 Å². The lowest BCUT2D eigenvalue weighted by Gasteiger charge is -2.13. The summed E-state index contributed by atoms with van der Waals surface area (Å²) in [6.07, 6.45) is 0. The van der Waals surface area contributed by atoms with E-state index in [9.17, 15) is 0 Å². The van der Waals surface area contributed by atoms with Gasteiger partial charge in [0.2, 0.25) is 0 Å². The molecule has 0 amide bonds. The fourth-order valence-corrected chi connectivity index (χ4v) is 8.67. The average Bonchev–Trinajstić information content (AvgIpc) is 3.80. The van der Waals surface area contributed by atoms with Gasteiger partial charge in [-0.25, -0.2) is 0 Å². The standard InChI is InChI=1S/C54H36N2/c1-4-13-37(14-5-1)39-23-29-44(30-24-39)55-51-22-11-10-19-47(51)49-35-42(27-33-52(49)55)43-28-34-53-50(36-43)48-21-12-20-46(41-17-8-3-9-18-41)54(48)56(53)45-31-25-40(26-32-45)38-15-6-2-7-16-38/h1-36H. The Balaban J connectivity index is 1.07. The number of benzene rings is 9. The van der Waals surface area contributed by atoms with Crippen LogP contribution in [0.4, 0.5) is 0 Å². The molecule has 0 atom stereocenters. The van der Waals surface area contributed by atoms with Crippen LogP contribution >= 0.6 is 0 Å². The molecule has 0 aliphatic rings. The second-order valence-corrected chi connectivity index (χ2v) is 14.5. The number of fused-ring (bicyclic) bond motifs is 6. The minimum Gasteiger partial charge on any atom is -0.309 e. The lowest BCUT2D eigenvalue weighted by Crippen LogP contribution is -1.95. The zero-order valence-corrected chi connectivity index (χ0v) is 30.7. The third-order valence-corrected chi connectivity index (χ3v) is 11.3. The van der Waals surface area contributed by atoms with Crippen LogP contribution in [-0.2, 0) is 0 Å². The molecule has 0 saturated carbocycles. The molecule has 11 aromatic rings. The molecular formula is C54H36N2. The monoisotopic (exact) mass is 712 g/mol. The smallest absolute Gasteiger partial charge is 0.0619 e. The van der Waals surface area contributed by atoms with Crippen molar-refractivity contribution in [3.05, 3.63) is 218 Å². The van der Waals surface area contributed by atoms with Gasteiger partial charge >= 0.3 is 0 Å². The predicted molar refractivity (Wildman–Crippen MR) is 237 cm³/mol. The van der Waals surface area contributed by atoms with Gasteiger partial charge in [-0.1, -0.05) is 164 Å². The van der Waals surface area contributed by atoms with Crippen molar-refractivity contribution >= 4 is 43.6 Å². The van der Waals surface area contributed by atoms with Crippen molar-refractivity contribution in [3.63, 3.8) is 0 Å². The first-order valence-electron chi connectivity index (χ1n) is 19.3. The zero-order chi connectivity index (χ0) is 37.0. The summed E-state index contributed by atoms with van der Waals surface area (Å²) in [4.78, 5) is 0. The van der Waals surface area contributed by atoms with Crippen LogP contribution in [0.3, 0.4) is 0 Å². The van der Waals surface area contributed by atoms with E-state index < -0.39 is 0 Å². The van der Waals surface area contributed by atoms with E-state index >= 15 is 0 Å². The van der Waals surface area contributed by atoms with E-state index in [0.717, 1.165) is 11.4 Å². The van der Waals surface area contributed by atoms with Gasteiger partial charge in [-0.3, -0.25) is 0 Å². The zero-order valence-electron chi connectivity index (χ0n) is 30.7. The molecule has 0 aliphatic heterocycles. The number of rotatable bonds is 6. The molecule has 0 saturated heterocycles. The maximum absolute atomic E-state index is 2.45. The summed E-state index contributed by atoms with van der Waals surface area (Å²) in [6.45, 7) is 0. The molecule has 0 aliphatic carbocycles. The van der Waals surface area contributed by atoms with Gasteiger partial charge in [0.1, 0.15) is 0 Å². The molecule has 2 heterocycles. The maximum Gasteiger partial charge on any atom is 0.0619 e. The molecule has 0 bridgehead atoms. The Labute approximate surface area is 325 Å². The second kappa shape index (κ2) is 13.2. The van der Waals surface area contributed by atoms with Crippen LogP contribution in [0.5, 0.6) is 0 Å². The van der Waals surface area contributed by atoms with Crippen LogP contribution in [0.2, 0.25) is 0 Å². The fourth-order valence-electron chi connectivity index (χ4n) is 8.67. The van der Waals surface area contributed by atoms with Crippen LogP contribution in [0, 0.1) is 0 Å². The summed E-state index contributed by atoms with van der Waals surface area (Å²) in [5.41, 5.74) is 16.8. The Hall–Kier alpha value is -7.42. The highest BCUT2D eigenvalue weighted by Gasteiger charge is 2.19. The highest BCUT2D eigenvalue weighted by atomic mass is 15.0. The van der Waals surface area contributed by atoms with E-state index in [1.807, 2.05) is 0 Å². The lowest BCUT2D eigenvalue weighted by atomic mass is 9.99. The number of aromatic nitrogens is 2. The minimum atomic E-state index is 1.15. The minimum absolute atomic E-state index is 1.15. The molecular weight excluding hydrogens is 677 g/mol. The van der Waals surface area contributed by atoms with Crippen molar-refractivity contribution < 1.29 is 0 Å². The third-order valence-electron chi connectivity index (χ3n) is 11.3. The summed E-state index contributed by atoms with van der Waals surface area (Å²) in [7, 11) is 0. The SMILES string of the molecule is c1ccc(-c2ccc(-n3c4ccccc4c4cc(-c5ccc6c(c5)c5cccc(-c7ccccc7)c5n6-c5ccc(-c6ccccc6)cc5)ccc43)cc2)cc1.